The number of thiophene rings is 1. The Morgan fingerprint density at radius 3 is 2.24 bits per heavy atom. The fourth-order valence-corrected chi connectivity index (χ4v) is 8.72. The average molecular weight is 675 g/mol. The molecule has 0 amide bonds. The van der Waals surface area contributed by atoms with Gasteiger partial charge >= 0.3 is 0 Å². The van der Waals surface area contributed by atoms with Crippen molar-refractivity contribution in [1.82, 2.24) is 9.88 Å². The van der Waals surface area contributed by atoms with Crippen molar-refractivity contribution in [3.05, 3.63) is 175 Å². The summed E-state index contributed by atoms with van der Waals surface area (Å²) in [5.74, 6) is 0. The van der Waals surface area contributed by atoms with Crippen LogP contribution in [-0.2, 0) is 6.54 Å². The quantitative estimate of drug-likeness (QED) is 0.124. The molecule has 10 rings (SSSR count). The molecule has 9 aromatic rings. The van der Waals surface area contributed by atoms with E-state index < -0.39 is 0 Å². The van der Waals surface area contributed by atoms with Crippen molar-refractivity contribution >= 4 is 70.4 Å². The van der Waals surface area contributed by atoms with Crippen LogP contribution in [0, 0.1) is 0 Å². The maximum Gasteiger partial charge on any atom is 0.0644 e. The average Bonchev–Trinajstić information content (AvgIpc) is 3.88. The highest BCUT2D eigenvalue weighted by atomic mass is 32.1. The Hall–Kier alpha value is -6.01. The van der Waals surface area contributed by atoms with Crippen molar-refractivity contribution in [2.45, 2.75) is 12.6 Å². The summed E-state index contributed by atoms with van der Waals surface area (Å²) in [7, 11) is 0. The number of rotatable bonds is 8. The molecule has 51 heavy (non-hydrogen) atoms. The van der Waals surface area contributed by atoms with Gasteiger partial charge in [0.25, 0.3) is 0 Å². The van der Waals surface area contributed by atoms with Gasteiger partial charge in [-0.1, -0.05) is 115 Å². The minimum atomic E-state index is 0.290. The number of hydrogen-bond donors (Lipinski definition) is 2. The van der Waals surface area contributed by atoms with Gasteiger partial charge in [0.15, 0.2) is 0 Å². The minimum absolute atomic E-state index is 0.290. The molecular formula is C46H34N4S. The molecule has 5 heteroatoms. The van der Waals surface area contributed by atoms with Crippen LogP contribution >= 0.6 is 11.3 Å². The second kappa shape index (κ2) is 12.4. The number of aliphatic imine (C=N–C) groups is 1. The Labute approximate surface area is 300 Å². The lowest BCUT2D eigenvalue weighted by Gasteiger charge is -2.15. The first-order chi connectivity index (χ1) is 25.3. The molecule has 1 atom stereocenters. The molecule has 0 spiro atoms. The van der Waals surface area contributed by atoms with Crippen molar-refractivity contribution in [3.63, 3.8) is 0 Å². The number of nitrogens with zero attached hydrogens (tertiary/aromatic N) is 2. The van der Waals surface area contributed by atoms with E-state index in [1.165, 1.54) is 64.2 Å². The molecule has 7 aromatic carbocycles. The number of aromatic nitrogens is 1. The van der Waals surface area contributed by atoms with Crippen molar-refractivity contribution in [3.8, 4) is 16.8 Å². The smallest absolute Gasteiger partial charge is 0.0644 e. The molecule has 3 heterocycles. The van der Waals surface area contributed by atoms with Gasteiger partial charge < -0.3 is 15.2 Å². The Bertz CT molecular complexity index is 2750. The topological polar surface area (TPSA) is 51.3 Å². The molecule has 0 saturated carbocycles. The van der Waals surface area contributed by atoms with Crippen molar-refractivity contribution < 1.29 is 0 Å². The summed E-state index contributed by atoms with van der Waals surface area (Å²) in [6.07, 6.45) is 0. The van der Waals surface area contributed by atoms with Crippen LogP contribution in [0.15, 0.2) is 169 Å². The Balaban J connectivity index is 1.05. The fraction of sp³-hybridized carbons (Fsp3) is 0.0652. The molecule has 1 unspecified atom stereocenters. The molecule has 0 bridgehead atoms. The van der Waals surface area contributed by atoms with E-state index >= 15 is 0 Å². The summed E-state index contributed by atoms with van der Waals surface area (Å²) in [5.41, 5.74) is 11.5. The van der Waals surface area contributed by atoms with Gasteiger partial charge in [0.1, 0.15) is 0 Å². The number of benzene rings is 7. The minimum Gasteiger partial charge on any atom is -0.355 e. The van der Waals surface area contributed by atoms with Crippen molar-refractivity contribution in [2.75, 3.05) is 11.9 Å². The van der Waals surface area contributed by atoms with Gasteiger partial charge in [-0.05, 0) is 59.7 Å². The van der Waals surface area contributed by atoms with Gasteiger partial charge in [-0.15, -0.1) is 11.3 Å². The Morgan fingerprint density at radius 1 is 0.667 bits per heavy atom. The van der Waals surface area contributed by atoms with Crippen molar-refractivity contribution in [2.24, 2.45) is 4.99 Å². The summed E-state index contributed by atoms with van der Waals surface area (Å²) in [6.45, 7) is 1.57. The van der Waals surface area contributed by atoms with E-state index in [-0.39, 0.29) is 0 Å². The lowest BCUT2D eigenvalue weighted by Crippen LogP contribution is -2.12. The van der Waals surface area contributed by atoms with Crippen LogP contribution in [0.25, 0.3) is 58.8 Å². The zero-order valence-electron chi connectivity index (χ0n) is 27.9. The van der Waals surface area contributed by atoms with Crippen LogP contribution in [0.5, 0.6) is 0 Å². The van der Waals surface area contributed by atoms with Gasteiger partial charge in [-0.2, -0.15) is 0 Å². The maximum atomic E-state index is 5.30. The first kappa shape index (κ1) is 29.9. The van der Waals surface area contributed by atoms with Gasteiger partial charge in [0.2, 0.25) is 0 Å². The lowest BCUT2D eigenvalue weighted by molar-refractivity contribution is 1.05. The third kappa shape index (κ3) is 5.39. The molecule has 1 aliphatic heterocycles. The van der Waals surface area contributed by atoms with Crippen LogP contribution in [0.2, 0.25) is 0 Å². The highest BCUT2D eigenvalue weighted by Gasteiger charge is 2.29. The summed E-state index contributed by atoms with van der Waals surface area (Å²) >= 11 is 1.87. The Kier molecular flexibility index (Phi) is 7.26. The third-order valence-electron chi connectivity index (χ3n) is 9.97. The maximum absolute atomic E-state index is 5.30. The fourth-order valence-electron chi connectivity index (χ4n) is 7.49. The van der Waals surface area contributed by atoms with E-state index in [0.717, 1.165) is 29.3 Å². The number of nitrogens with one attached hydrogen (secondary N) is 2. The first-order valence-corrected chi connectivity index (χ1v) is 18.3. The van der Waals surface area contributed by atoms with Crippen LogP contribution in [-0.4, -0.2) is 22.9 Å². The monoisotopic (exact) mass is 674 g/mol. The standard InChI is InChI=1S/C46H34N4S/c1-3-14-31(15-4-1)38-26-39-34-19-7-9-23-42(34)50(33-17-5-2-6-18-33)43(39)27-40(38)49-32-16-11-13-30(25-32)28-48-45(41-29-47-41)37-22-12-21-36-35-20-8-10-24-44(35)51-46(36)37/h1-27,41,47,49H,28-29H2/b48-45-. The number of hydrogen-bond acceptors (Lipinski definition) is 4. The van der Waals surface area contributed by atoms with Crippen LogP contribution < -0.4 is 10.6 Å². The third-order valence-corrected chi connectivity index (χ3v) is 11.2. The van der Waals surface area contributed by atoms with Crippen LogP contribution in [0.1, 0.15) is 11.1 Å². The molecule has 2 N–H and O–H groups in total. The van der Waals surface area contributed by atoms with Gasteiger partial charge in [-0.25, -0.2) is 0 Å². The van der Waals surface area contributed by atoms with Crippen LogP contribution in [0.4, 0.5) is 11.4 Å². The SMILES string of the molecule is c1ccc(-c2cc3c4ccccc4n(-c4ccccc4)c3cc2Nc2cccc(C/N=C(/c3cccc4c3sc3ccccc34)C3CN3)c2)cc1. The summed E-state index contributed by atoms with van der Waals surface area (Å²) in [6, 6.07) is 59.1. The molecule has 0 aliphatic carbocycles. The number of fused-ring (bicyclic) bond motifs is 6. The highest BCUT2D eigenvalue weighted by molar-refractivity contribution is 7.26. The molecule has 1 fully saturated rings. The second-order valence-corrected chi connectivity index (χ2v) is 14.3. The van der Waals surface area contributed by atoms with Gasteiger partial charge in [0.05, 0.1) is 29.3 Å². The molecule has 2 aromatic heterocycles. The zero-order chi connectivity index (χ0) is 33.7. The molecule has 1 aliphatic rings. The van der Waals surface area contributed by atoms with E-state index in [4.69, 9.17) is 4.99 Å². The second-order valence-electron chi connectivity index (χ2n) is 13.2. The molecule has 0 radical (unpaired) electrons. The lowest BCUT2D eigenvalue weighted by atomic mass is 10.00. The highest BCUT2D eigenvalue weighted by Crippen LogP contribution is 2.40. The Morgan fingerprint density at radius 2 is 1.39 bits per heavy atom. The van der Waals surface area contributed by atoms with Crippen molar-refractivity contribution in [1.29, 1.82) is 0 Å². The normalized spacial score (nSPS) is 14.5. The molecule has 1 saturated heterocycles. The van der Waals surface area contributed by atoms with E-state index in [9.17, 15) is 0 Å². The van der Waals surface area contributed by atoms with E-state index in [1.54, 1.807) is 0 Å². The van der Waals surface area contributed by atoms with E-state index in [1.807, 2.05) is 11.3 Å². The first-order valence-electron chi connectivity index (χ1n) is 17.5. The molecule has 244 valence electrons. The van der Waals surface area contributed by atoms with E-state index in [0.29, 0.717) is 12.6 Å². The molecule has 4 nitrogen and oxygen atoms in total. The summed E-state index contributed by atoms with van der Waals surface area (Å²) in [4.78, 5) is 5.30. The number of para-hydroxylation sites is 2. The predicted octanol–water partition coefficient (Wildman–Crippen LogP) is 11.5. The van der Waals surface area contributed by atoms with Crippen LogP contribution in [0.3, 0.4) is 0 Å². The zero-order valence-corrected chi connectivity index (χ0v) is 28.7. The van der Waals surface area contributed by atoms with E-state index in [2.05, 4.69) is 179 Å². The number of anilines is 2. The largest absolute Gasteiger partial charge is 0.355 e. The predicted molar refractivity (Wildman–Crippen MR) is 217 cm³/mol. The molecular weight excluding hydrogens is 641 g/mol. The van der Waals surface area contributed by atoms with Gasteiger partial charge in [-0.3, -0.25) is 4.99 Å². The summed E-state index contributed by atoms with van der Waals surface area (Å²) < 4.78 is 5.01. The summed E-state index contributed by atoms with van der Waals surface area (Å²) in [5, 5.41) is 12.5. The van der Waals surface area contributed by atoms with Gasteiger partial charge in [0, 0.05) is 65.7 Å².